The number of allylic oxidation sites excluding steroid dienone is 16. The number of likely N-dealkylation sites (N-methyl/N-ethyl adjacent to an activating group) is 1. The Kier molecular flexibility index (Phi) is 52.4. The molecule has 426 valence electrons. The maximum Gasteiger partial charge on any atom is 0.306 e. The summed E-state index contributed by atoms with van der Waals surface area (Å²) < 4.78 is 34.1. The zero-order chi connectivity index (χ0) is 54.2. The summed E-state index contributed by atoms with van der Waals surface area (Å²) in [5.74, 6) is -0.899. The molecule has 74 heavy (non-hydrogen) atoms. The summed E-state index contributed by atoms with van der Waals surface area (Å²) in [4.78, 5) is 37.8. The van der Waals surface area contributed by atoms with Crippen LogP contribution in [0.25, 0.3) is 0 Å². The third kappa shape index (κ3) is 58.2. The Labute approximate surface area is 455 Å². The van der Waals surface area contributed by atoms with Gasteiger partial charge in [0.1, 0.15) is 19.8 Å². The average molecular weight is 1050 g/mol. The molecule has 0 N–H and O–H groups in total. The van der Waals surface area contributed by atoms with E-state index in [9.17, 15) is 19.0 Å². The molecular weight excluding hydrogens is 942 g/mol. The van der Waals surface area contributed by atoms with E-state index in [1.807, 2.05) is 27.2 Å². The monoisotopic (exact) mass is 1050 g/mol. The molecule has 0 aromatic rings. The lowest BCUT2D eigenvalue weighted by molar-refractivity contribution is -0.870. The number of unbranched alkanes of at least 4 members (excludes halogenated alkanes) is 24. The van der Waals surface area contributed by atoms with Gasteiger partial charge in [-0.2, -0.15) is 0 Å². The molecule has 0 bridgehead atoms. The molecule has 10 heteroatoms. The summed E-state index contributed by atoms with van der Waals surface area (Å²) in [6.07, 6.45) is 74.8. The summed E-state index contributed by atoms with van der Waals surface area (Å²) in [5, 5.41) is 0. The molecule has 0 saturated heterocycles. The van der Waals surface area contributed by atoms with Crippen molar-refractivity contribution in [3.63, 3.8) is 0 Å². The van der Waals surface area contributed by atoms with Gasteiger partial charge in [0.15, 0.2) is 6.10 Å². The minimum Gasteiger partial charge on any atom is -0.756 e. The Morgan fingerprint density at radius 2 is 0.743 bits per heavy atom. The van der Waals surface area contributed by atoms with Gasteiger partial charge in [-0.05, 0) is 96.3 Å². The molecule has 0 aliphatic carbocycles. The first kappa shape index (κ1) is 70.9. The van der Waals surface area contributed by atoms with E-state index in [0.29, 0.717) is 23.9 Å². The lowest BCUT2D eigenvalue weighted by Crippen LogP contribution is -2.37. The fourth-order valence-corrected chi connectivity index (χ4v) is 8.66. The van der Waals surface area contributed by atoms with Crippen molar-refractivity contribution < 1.29 is 42.1 Å². The van der Waals surface area contributed by atoms with Gasteiger partial charge in [-0.25, -0.2) is 0 Å². The molecule has 1 unspecified atom stereocenters. The fraction of sp³-hybridized carbons (Fsp3) is 0.719. The highest BCUT2D eigenvalue weighted by atomic mass is 31.2. The minimum atomic E-state index is -4.65. The number of carbonyl (C=O) groups excluding carboxylic acids is 2. The van der Waals surface area contributed by atoms with Gasteiger partial charge in [-0.1, -0.05) is 233 Å². The molecule has 0 spiro atoms. The molecule has 9 nitrogen and oxygen atoms in total. The van der Waals surface area contributed by atoms with Crippen LogP contribution in [0.4, 0.5) is 0 Å². The lowest BCUT2D eigenvalue weighted by Gasteiger charge is -2.28. The number of rotatable bonds is 54. The fourth-order valence-electron chi connectivity index (χ4n) is 7.93. The normalized spacial score (nSPS) is 14.0. The summed E-state index contributed by atoms with van der Waals surface area (Å²) in [5.41, 5.74) is 0. The van der Waals surface area contributed by atoms with Gasteiger partial charge in [-0.3, -0.25) is 14.2 Å². The SMILES string of the molecule is CCCCC/C=C\C/C=C\C/C=C\C/C=C\CCCCCCCCCCCCCCCCCCCC(=O)OC[C@H](COP(=O)([O-])OCC[N+](C)(C)C)OC(=O)CCC/C=C\C/C=C\C/C=C\C/C=C\CCCCC. The molecule has 0 aromatic heterocycles. The summed E-state index contributed by atoms with van der Waals surface area (Å²) >= 11 is 0. The Morgan fingerprint density at radius 3 is 1.12 bits per heavy atom. The standard InChI is InChI=1S/C64H112NO8P/c1-6-8-10-12-14-16-18-20-22-24-25-26-27-28-29-30-31-32-33-34-35-36-37-38-39-41-42-44-46-48-50-52-54-56-63(66)70-60-62(61-72-74(68,69)71-59-58-65(3,4)5)73-64(67)57-55-53-51-49-47-45-43-40-23-21-19-17-15-13-11-9-7-2/h14-17,20-23,25-26,28-29,43,45,49,51,62H,6-13,18-19,24,27,30-42,44,46-48,50,52-61H2,1-5H3/b16-14-,17-15-,22-20-,23-21-,26-25-,29-28-,45-43-,51-49-/t62-/m1/s1. The van der Waals surface area contributed by atoms with E-state index in [0.717, 1.165) is 57.8 Å². The van der Waals surface area contributed by atoms with Crippen LogP contribution in [0.1, 0.15) is 245 Å². The van der Waals surface area contributed by atoms with E-state index >= 15 is 0 Å². The van der Waals surface area contributed by atoms with Crippen LogP contribution in [0.2, 0.25) is 0 Å². The van der Waals surface area contributed by atoms with Gasteiger partial charge in [0.25, 0.3) is 7.82 Å². The van der Waals surface area contributed by atoms with Gasteiger partial charge in [0.05, 0.1) is 27.7 Å². The predicted molar refractivity (Wildman–Crippen MR) is 314 cm³/mol. The second-order valence-electron chi connectivity index (χ2n) is 21.0. The van der Waals surface area contributed by atoms with E-state index < -0.39 is 32.5 Å². The molecule has 0 aromatic carbocycles. The minimum absolute atomic E-state index is 0.0443. The number of hydrogen-bond donors (Lipinski definition) is 0. The Morgan fingerprint density at radius 1 is 0.419 bits per heavy atom. The van der Waals surface area contributed by atoms with Crippen LogP contribution in [0, 0.1) is 0 Å². The van der Waals surface area contributed by atoms with E-state index in [-0.39, 0.29) is 26.1 Å². The van der Waals surface area contributed by atoms with Crippen molar-refractivity contribution in [2.24, 2.45) is 0 Å². The molecule has 0 heterocycles. The quantitative estimate of drug-likeness (QED) is 0.0195. The lowest BCUT2D eigenvalue weighted by atomic mass is 10.0. The van der Waals surface area contributed by atoms with Crippen molar-refractivity contribution in [2.45, 2.75) is 251 Å². The van der Waals surface area contributed by atoms with Crippen molar-refractivity contribution in [1.82, 2.24) is 0 Å². The zero-order valence-corrected chi connectivity index (χ0v) is 49.2. The van der Waals surface area contributed by atoms with E-state index in [1.165, 1.54) is 148 Å². The van der Waals surface area contributed by atoms with Crippen LogP contribution in [-0.2, 0) is 32.7 Å². The van der Waals surface area contributed by atoms with Crippen molar-refractivity contribution in [3.05, 3.63) is 97.2 Å². The number of phosphoric acid groups is 1. The molecule has 0 radical (unpaired) electrons. The molecule has 0 saturated carbocycles. The van der Waals surface area contributed by atoms with Crippen LogP contribution < -0.4 is 4.89 Å². The van der Waals surface area contributed by atoms with Gasteiger partial charge in [0, 0.05) is 12.8 Å². The molecule has 0 rings (SSSR count). The Hall–Kier alpha value is -3.07. The molecular formula is C64H112NO8P. The number of hydrogen-bond acceptors (Lipinski definition) is 8. The summed E-state index contributed by atoms with van der Waals surface area (Å²) in [6.45, 7) is 4.12. The van der Waals surface area contributed by atoms with Gasteiger partial charge in [0.2, 0.25) is 0 Å². The molecule has 0 amide bonds. The van der Waals surface area contributed by atoms with Crippen LogP contribution in [0.15, 0.2) is 97.2 Å². The topological polar surface area (TPSA) is 111 Å². The van der Waals surface area contributed by atoms with Crippen LogP contribution >= 0.6 is 7.82 Å². The second kappa shape index (κ2) is 54.7. The first-order valence-corrected chi connectivity index (χ1v) is 31.4. The van der Waals surface area contributed by atoms with E-state index in [4.69, 9.17) is 18.5 Å². The maximum absolute atomic E-state index is 12.7. The molecule has 2 atom stereocenters. The molecule has 0 fully saturated rings. The van der Waals surface area contributed by atoms with Crippen LogP contribution in [0.3, 0.4) is 0 Å². The van der Waals surface area contributed by atoms with Gasteiger partial charge in [-0.15, -0.1) is 0 Å². The average Bonchev–Trinajstić information content (AvgIpc) is 3.36. The highest BCUT2D eigenvalue weighted by molar-refractivity contribution is 7.45. The van der Waals surface area contributed by atoms with Crippen molar-refractivity contribution in [2.75, 3.05) is 47.5 Å². The number of esters is 2. The first-order chi connectivity index (χ1) is 36.0. The predicted octanol–water partition coefficient (Wildman–Crippen LogP) is 18.2. The zero-order valence-electron chi connectivity index (χ0n) is 48.3. The second-order valence-corrected chi connectivity index (χ2v) is 22.4. The summed E-state index contributed by atoms with van der Waals surface area (Å²) in [6, 6.07) is 0. The smallest absolute Gasteiger partial charge is 0.306 e. The van der Waals surface area contributed by atoms with Crippen LogP contribution in [-0.4, -0.2) is 70.0 Å². The van der Waals surface area contributed by atoms with Crippen molar-refractivity contribution in [3.8, 4) is 0 Å². The summed E-state index contributed by atoms with van der Waals surface area (Å²) in [7, 11) is 1.13. The highest BCUT2D eigenvalue weighted by Crippen LogP contribution is 2.38. The van der Waals surface area contributed by atoms with Crippen molar-refractivity contribution >= 4 is 19.8 Å². The number of phosphoric ester groups is 1. The van der Waals surface area contributed by atoms with Crippen molar-refractivity contribution in [1.29, 1.82) is 0 Å². The molecule has 0 aliphatic rings. The van der Waals surface area contributed by atoms with Gasteiger partial charge >= 0.3 is 11.9 Å². The van der Waals surface area contributed by atoms with Gasteiger partial charge < -0.3 is 27.9 Å². The third-order valence-electron chi connectivity index (χ3n) is 12.6. The number of ether oxygens (including phenoxy) is 2. The number of quaternary nitrogens is 1. The van der Waals surface area contributed by atoms with E-state index in [1.54, 1.807) is 0 Å². The van der Waals surface area contributed by atoms with E-state index in [2.05, 4.69) is 105 Å². The molecule has 0 aliphatic heterocycles. The maximum atomic E-state index is 12.7. The largest absolute Gasteiger partial charge is 0.756 e. The first-order valence-electron chi connectivity index (χ1n) is 29.9. The number of nitrogens with zero attached hydrogens (tertiary/aromatic N) is 1. The highest BCUT2D eigenvalue weighted by Gasteiger charge is 2.21. The Bertz CT molecular complexity index is 1570. The Balaban J connectivity index is 4.10. The number of carbonyl (C=O) groups is 2. The van der Waals surface area contributed by atoms with Crippen LogP contribution in [0.5, 0.6) is 0 Å². The third-order valence-corrected chi connectivity index (χ3v) is 13.5.